The molecule has 1 unspecified atom stereocenters. The van der Waals surface area contributed by atoms with E-state index in [1.165, 1.54) is 16.4 Å². The van der Waals surface area contributed by atoms with Gasteiger partial charge >= 0.3 is 0 Å². The summed E-state index contributed by atoms with van der Waals surface area (Å²) < 4.78 is 44.9. The summed E-state index contributed by atoms with van der Waals surface area (Å²) in [5.74, 6) is 0.443. The van der Waals surface area contributed by atoms with Crippen molar-refractivity contribution in [3.8, 4) is 5.75 Å². The minimum absolute atomic E-state index is 0.0522. The fourth-order valence-electron chi connectivity index (χ4n) is 4.10. The van der Waals surface area contributed by atoms with Crippen molar-refractivity contribution in [2.45, 2.75) is 46.2 Å². The molecule has 1 atom stereocenters. The topological polar surface area (TPSA) is 75.7 Å². The lowest BCUT2D eigenvalue weighted by Crippen LogP contribution is -2.30. The van der Waals surface area contributed by atoms with Gasteiger partial charge in [-0.05, 0) is 90.6 Å². The van der Waals surface area contributed by atoms with Gasteiger partial charge in [-0.25, -0.2) is 12.8 Å². The molecule has 0 aliphatic heterocycles. The average Bonchev–Trinajstić information content (AvgIpc) is 2.82. The van der Waals surface area contributed by atoms with Crippen LogP contribution in [-0.2, 0) is 16.6 Å². The number of nitrogens with one attached hydrogen (secondary N) is 1. The quantitative estimate of drug-likeness (QED) is 0.398. The monoisotopic (exact) mass is 512 g/mol. The molecule has 36 heavy (non-hydrogen) atoms. The molecule has 0 spiro atoms. The average molecular weight is 513 g/mol. The molecule has 0 bridgehead atoms. The molecule has 3 rings (SSSR count). The Kier molecular flexibility index (Phi) is 8.40. The smallest absolute Gasteiger partial charge is 0.251 e. The predicted octanol–water partition coefficient (Wildman–Crippen LogP) is 5.72. The van der Waals surface area contributed by atoms with Crippen molar-refractivity contribution in [2.24, 2.45) is 0 Å². The number of carbonyl (C=O) groups excluding carboxylic acids is 1. The van der Waals surface area contributed by atoms with E-state index in [2.05, 4.69) is 25.2 Å². The molecular weight excluding hydrogens is 479 g/mol. The number of hydrogen-bond acceptors (Lipinski definition) is 4. The lowest BCUT2D eigenvalue weighted by atomic mass is 9.93. The number of nitrogens with zero attached hydrogens (tertiary/aromatic N) is 1. The van der Waals surface area contributed by atoms with Crippen LogP contribution >= 0.6 is 0 Å². The molecule has 0 saturated carbocycles. The van der Waals surface area contributed by atoms with E-state index in [-0.39, 0.29) is 30.2 Å². The van der Waals surface area contributed by atoms with E-state index < -0.39 is 10.0 Å². The minimum Gasteiger partial charge on any atom is -0.496 e. The first-order valence-corrected chi connectivity index (χ1v) is 13.6. The van der Waals surface area contributed by atoms with Crippen LogP contribution in [0.15, 0.2) is 60.7 Å². The van der Waals surface area contributed by atoms with E-state index in [0.717, 1.165) is 28.7 Å². The highest BCUT2D eigenvalue weighted by atomic mass is 32.2. The van der Waals surface area contributed by atoms with E-state index >= 15 is 0 Å². The molecule has 0 heterocycles. The third-order valence-corrected chi connectivity index (χ3v) is 7.25. The molecular formula is C28H33FN2O4S. The number of methoxy groups -OCH3 is 1. The molecule has 0 radical (unpaired) electrons. The summed E-state index contributed by atoms with van der Waals surface area (Å²) in [6.07, 6.45) is 1.11. The standard InChI is InChI=1S/C28H33FN2O4S/c1-18(2)25-16-26(19(3)15-27(25)35-5)20(4)30-28(32)22-9-13-24(14-10-22)31(36(6,33)34)17-21-7-11-23(29)12-8-21/h7-16,18,20H,17H2,1-6H3,(H,30,32). The maximum atomic E-state index is 13.2. The summed E-state index contributed by atoms with van der Waals surface area (Å²) in [6, 6.07) is 15.9. The number of sulfonamides is 1. The molecule has 0 aromatic heterocycles. The maximum Gasteiger partial charge on any atom is 0.251 e. The number of ether oxygens (including phenoxy) is 1. The first kappa shape index (κ1) is 27.2. The predicted molar refractivity (Wildman–Crippen MR) is 142 cm³/mol. The summed E-state index contributed by atoms with van der Waals surface area (Å²) in [4.78, 5) is 13.0. The fourth-order valence-corrected chi connectivity index (χ4v) is 4.99. The Morgan fingerprint density at radius 3 is 2.14 bits per heavy atom. The third kappa shape index (κ3) is 6.43. The van der Waals surface area contributed by atoms with Gasteiger partial charge in [-0.3, -0.25) is 9.10 Å². The number of anilines is 1. The molecule has 8 heteroatoms. The van der Waals surface area contributed by atoms with Crippen LogP contribution in [0.4, 0.5) is 10.1 Å². The maximum absolute atomic E-state index is 13.2. The van der Waals surface area contributed by atoms with E-state index in [0.29, 0.717) is 16.8 Å². The number of hydrogen-bond donors (Lipinski definition) is 1. The third-order valence-electron chi connectivity index (χ3n) is 6.11. The molecule has 0 fully saturated rings. The van der Waals surface area contributed by atoms with Crippen molar-refractivity contribution in [3.63, 3.8) is 0 Å². The molecule has 1 amide bonds. The van der Waals surface area contributed by atoms with Crippen LogP contribution in [0.1, 0.15) is 65.3 Å². The van der Waals surface area contributed by atoms with Crippen molar-refractivity contribution >= 4 is 21.6 Å². The zero-order valence-electron chi connectivity index (χ0n) is 21.5. The van der Waals surface area contributed by atoms with Gasteiger partial charge in [0.05, 0.1) is 31.6 Å². The largest absolute Gasteiger partial charge is 0.496 e. The first-order valence-electron chi connectivity index (χ1n) is 11.7. The number of benzene rings is 3. The molecule has 0 aliphatic carbocycles. The lowest BCUT2D eigenvalue weighted by Gasteiger charge is -2.23. The van der Waals surface area contributed by atoms with E-state index in [1.54, 1.807) is 43.5 Å². The first-order chi connectivity index (χ1) is 16.9. The Labute approximate surface area is 213 Å². The molecule has 3 aromatic carbocycles. The Hall–Kier alpha value is -3.39. The molecule has 1 N–H and O–H groups in total. The number of halogens is 1. The molecule has 0 aliphatic rings. The summed E-state index contributed by atoms with van der Waals surface area (Å²) in [5, 5.41) is 3.03. The van der Waals surface area contributed by atoms with E-state index in [9.17, 15) is 17.6 Å². The zero-order valence-corrected chi connectivity index (χ0v) is 22.3. The Morgan fingerprint density at radius 1 is 1.00 bits per heavy atom. The fraction of sp³-hybridized carbons (Fsp3) is 0.321. The Bertz CT molecular complexity index is 1320. The van der Waals surface area contributed by atoms with Crippen molar-refractivity contribution < 1.29 is 22.3 Å². The van der Waals surface area contributed by atoms with Crippen LogP contribution in [0.25, 0.3) is 0 Å². The zero-order chi connectivity index (χ0) is 26.6. The molecule has 6 nitrogen and oxygen atoms in total. The van der Waals surface area contributed by atoms with Crippen LogP contribution < -0.4 is 14.4 Å². The SMILES string of the molecule is COc1cc(C)c(C(C)NC(=O)c2ccc(N(Cc3ccc(F)cc3)S(C)(=O)=O)cc2)cc1C(C)C. The molecule has 0 saturated heterocycles. The highest BCUT2D eigenvalue weighted by Crippen LogP contribution is 2.32. The van der Waals surface area contributed by atoms with Crippen LogP contribution in [0.5, 0.6) is 5.75 Å². The van der Waals surface area contributed by atoms with Crippen molar-refractivity contribution in [1.82, 2.24) is 5.32 Å². The van der Waals surface area contributed by atoms with E-state index in [4.69, 9.17) is 4.74 Å². The van der Waals surface area contributed by atoms with Gasteiger partial charge in [0, 0.05) is 5.56 Å². The summed E-state index contributed by atoms with van der Waals surface area (Å²) >= 11 is 0. The van der Waals surface area contributed by atoms with Crippen LogP contribution in [0, 0.1) is 12.7 Å². The number of aryl methyl sites for hydroxylation is 1. The molecule has 192 valence electrons. The van der Waals surface area contributed by atoms with Gasteiger partial charge in [-0.15, -0.1) is 0 Å². The summed E-state index contributed by atoms with van der Waals surface area (Å²) in [6.45, 7) is 8.16. The highest BCUT2D eigenvalue weighted by molar-refractivity contribution is 7.92. The van der Waals surface area contributed by atoms with Gasteiger partial charge in [-0.1, -0.05) is 26.0 Å². The normalized spacial score (nSPS) is 12.3. The highest BCUT2D eigenvalue weighted by Gasteiger charge is 2.20. The van der Waals surface area contributed by atoms with Gasteiger partial charge in [0.15, 0.2) is 0 Å². The van der Waals surface area contributed by atoms with Crippen LogP contribution in [-0.4, -0.2) is 27.7 Å². The van der Waals surface area contributed by atoms with Gasteiger partial charge < -0.3 is 10.1 Å². The van der Waals surface area contributed by atoms with Gasteiger partial charge in [0.2, 0.25) is 10.0 Å². The second kappa shape index (κ2) is 11.1. The number of carbonyl (C=O) groups is 1. The Balaban J connectivity index is 1.79. The van der Waals surface area contributed by atoms with Crippen molar-refractivity contribution in [3.05, 3.63) is 94.3 Å². The second-order valence-corrected chi connectivity index (χ2v) is 11.2. The number of amides is 1. The van der Waals surface area contributed by atoms with Crippen LogP contribution in [0.3, 0.4) is 0 Å². The van der Waals surface area contributed by atoms with E-state index in [1.807, 2.05) is 19.9 Å². The second-order valence-electron chi connectivity index (χ2n) is 9.24. The van der Waals surface area contributed by atoms with Gasteiger partial charge in [0.1, 0.15) is 11.6 Å². The van der Waals surface area contributed by atoms with Crippen LogP contribution in [0.2, 0.25) is 0 Å². The summed E-state index contributed by atoms with van der Waals surface area (Å²) in [7, 11) is -1.95. The van der Waals surface area contributed by atoms with Crippen molar-refractivity contribution in [2.75, 3.05) is 17.7 Å². The van der Waals surface area contributed by atoms with Gasteiger partial charge in [0.25, 0.3) is 5.91 Å². The lowest BCUT2D eigenvalue weighted by molar-refractivity contribution is 0.0940. The summed E-state index contributed by atoms with van der Waals surface area (Å²) in [5.41, 5.74) is 4.57. The van der Waals surface area contributed by atoms with Crippen molar-refractivity contribution in [1.29, 1.82) is 0 Å². The van der Waals surface area contributed by atoms with Gasteiger partial charge in [-0.2, -0.15) is 0 Å². The number of rotatable bonds is 9. The minimum atomic E-state index is -3.61. The molecule has 3 aromatic rings. The Morgan fingerprint density at radius 2 is 1.61 bits per heavy atom.